The number of benzene rings is 2. The van der Waals surface area contributed by atoms with Gasteiger partial charge in [0, 0.05) is 6.54 Å². The Morgan fingerprint density at radius 1 is 1.09 bits per heavy atom. The number of hydrogen-bond acceptors (Lipinski definition) is 4. The number of hydroxylamine groups is 2. The zero-order chi connectivity index (χ0) is 16.2. The third-order valence-electron chi connectivity index (χ3n) is 3.73. The predicted octanol–water partition coefficient (Wildman–Crippen LogP) is 3.37. The van der Waals surface area contributed by atoms with E-state index in [1.807, 2.05) is 25.2 Å². The van der Waals surface area contributed by atoms with Gasteiger partial charge in [-0.3, -0.25) is 0 Å². The van der Waals surface area contributed by atoms with Crippen molar-refractivity contribution < 1.29 is 13.7 Å². The Morgan fingerprint density at radius 3 is 2.57 bits per heavy atom. The second kappa shape index (κ2) is 7.04. The molecule has 0 unspecified atom stereocenters. The molecule has 6 heteroatoms. The van der Waals surface area contributed by atoms with Gasteiger partial charge in [0.05, 0.1) is 12.2 Å². The molecular weight excluding hydrogens is 300 g/mol. The normalized spacial score (nSPS) is 14.8. The van der Waals surface area contributed by atoms with E-state index in [9.17, 15) is 8.78 Å². The van der Waals surface area contributed by atoms with Crippen LogP contribution in [0.3, 0.4) is 0 Å². The minimum Gasteiger partial charge on any atom is -0.320 e. The van der Waals surface area contributed by atoms with E-state index < -0.39 is 11.6 Å². The van der Waals surface area contributed by atoms with Crippen LogP contribution >= 0.6 is 0 Å². The highest BCUT2D eigenvalue weighted by Gasteiger charge is 2.28. The van der Waals surface area contributed by atoms with Crippen molar-refractivity contribution in [1.82, 2.24) is 10.4 Å². The molecule has 122 valence electrons. The van der Waals surface area contributed by atoms with Crippen molar-refractivity contribution in [3.8, 4) is 0 Å². The maximum atomic E-state index is 14.2. The molecule has 23 heavy (non-hydrogen) atoms. The van der Waals surface area contributed by atoms with Crippen molar-refractivity contribution in [2.45, 2.75) is 13.0 Å². The largest absolute Gasteiger partial charge is 0.320 e. The molecule has 0 radical (unpaired) electrons. The van der Waals surface area contributed by atoms with Crippen molar-refractivity contribution in [1.29, 1.82) is 0 Å². The van der Waals surface area contributed by atoms with Crippen molar-refractivity contribution in [3.63, 3.8) is 0 Å². The summed E-state index contributed by atoms with van der Waals surface area (Å²) in [6, 6.07) is 11.3. The monoisotopic (exact) mass is 319 g/mol. The molecule has 0 saturated carbocycles. The zero-order valence-electron chi connectivity index (χ0n) is 12.9. The molecule has 1 aliphatic heterocycles. The summed E-state index contributed by atoms with van der Waals surface area (Å²) in [5.41, 5.74) is 1.42. The smallest absolute Gasteiger partial charge is 0.152 e. The topological polar surface area (TPSA) is 27.7 Å². The van der Waals surface area contributed by atoms with Gasteiger partial charge in [-0.25, -0.2) is 8.78 Å². The Hall–Kier alpha value is -2.02. The molecule has 2 aromatic rings. The summed E-state index contributed by atoms with van der Waals surface area (Å²) in [6.45, 7) is 2.07. The highest BCUT2D eigenvalue weighted by Crippen LogP contribution is 2.37. The van der Waals surface area contributed by atoms with Gasteiger partial charge in [-0.05, 0) is 43.8 Å². The van der Waals surface area contributed by atoms with Crippen LogP contribution in [0.5, 0.6) is 0 Å². The van der Waals surface area contributed by atoms with Gasteiger partial charge >= 0.3 is 0 Å². The van der Waals surface area contributed by atoms with Crippen molar-refractivity contribution in [3.05, 3.63) is 59.7 Å². The SMILES string of the molecule is CNCCCN1Cc2ccccc2N(c2c(F)cccc2F)O1. The highest BCUT2D eigenvalue weighted by atomic mass is 19.1. The zero-order valence-corrected chi connectivity index (χ0v) is 12.9. The summed E-state index contributed by atoms with van der Waals surface area (Å²) < 4.78 is 28.3. The third kappa shape index (κ3) is 3.34. The van der Waals surface area contributed by atoms with E-state index in [4.69, 9.17) is 4.94 Å². The first-order valence-electron chi connectivity index (χ1n) is 7.60. The Bertz CT molecular complexity index is 660. The molecule has 0 amide bonds. The number of anilines is 2. The second-order valence-electron chi connectivity index (χ2n) is 5.40. The number of nitrogens with one attached hydrogen (secondary N) is 1. The number of hydrogen-bond donors (Lipinski definition) is 1. The molecular formula is C17H19F2N3O. The van der Waals surface area contributed by atoms with Crippen LogP contribution in [-0.4, -0.2) is 25.2 Å². The van der Waals surface area contributed by atoms with E-state index in [2.05, 4.69) is 5.32 Å². The van der Waals surface area contributed by atoms with E-state index in [-0.39, 0.29) is 5.69 Å². The molecule has 0 atom stereocenters. The van der Waals surface area contributed by atoms with Gasteiger partial charge in [-0.15, -0.1) is 0 Å². The average molecular weight is 319 g/mol. The Kier molecular flexibility index (Phi) is 4.85. The molecule has 3 rings (SSSR count). The summed E-state index contributed by atoms with van der Waals surface area (Å²) in [5.74, 6) is -1.31. The Balaban J connectivity index is 1.94. The fourth-order valence-corrected chi connectivity index (χ4v) is 2.62. The number of halogens is 2. The minimum atomic E-state index is -0.656. The molecule has 0 saturated heterocycles. The van der Waals surface area contributed by atoms with Crippen LogP contribution in [0.25, 0.3) is 0 Å². The van der Waals surface area contributed by atoms with Crippen LogP contribution in [0.4, 0.5) is 20.2 Å². The van der Waals surface area contributed by atoms with Crippen molar-refractivity contribution in [2.75, 3.05) is 25.2 Å². The molecule has 1 aliphatic rings. The summed E-state index contributed by atoms with van der Waals surface area (Å²) in [7, 11) is 1.88. The van der Waals surface area contributed by atoms with Gasteiger partial charge in [0.2, 0.25) is 0 Å². The first-order chi connectivity index (χ1) is 11.2. The van der Waals surface area contributed by atoms with Gasteiger partial charge < -0.3 is 5.32 Å². The maximum absolute atomic E-state index is 14.2. The third-order valence-corrected chi connectivity index (χ3v) is 3.73. The second-order valence-corrected chi connectivity index (χ2v) is 5.40. The standard InChI is InChI=1S/C17H19F2N3O/c1-20-10-5-11-21-12-13-6-2-3-9-16(13)22(23-21)17-14(18)7-4-8-15(17)19/h2-4,6-9,20H,5,10-12H2,1H3. The molecule has 0 spiro atoms. The number of rotatable bonds is 5. The van der Waals surface area contributed by atoms with Crippen LogP contribution < -0.4 is 10.4 Å². The lowest BCUT2D eigenvalue weighted by atomic mass is 10.1. The Morgan fingerprint density at radius 2 is 1.83 bits per heavy atom. The summed E-state index contributed by atoms with van der Waals surface area (Å²) in [6.07, 6.45) is 0.867. The first-order valence-corrected chi connectivity index (χ1v) is 7.60. The molecule has 2 aromatic carbocycles. The number of fused-ring (bicyclic) bond motifs is 1. The van der Waals surface area contributed by atoms with Gasteiger partial charge in [0.15, 0.2) is 11.6 Å². The van der Waals surface area contributed by atoms with E-state index in [1.165, 1.54) is 23.3 Å². The summed E-state index contributed by atoms with van der Waals surface area (Å²) in [5, 5.41) is 6.02. The van der Waals surface area contributed by atoms with E-state index in [0.29, 0.717) is 18.8 Å². The summed E-state index contributed by atoms with van der Waals surface area (Å²) in [4.78, 5) is 5.77. The minimum absolute atomic E-state index is 0.196. The van der Waals surface area contributed by atoms with Gasteiger partial charge in [-0.2, -0.15) is 15.1 Å². The molecule has 1 N–H and O–H groups in total. The first kappa shape index (κ1) is 15.9. The average Bonchev–Trinajstić information content (AvgIpc) is 2.55. The molecule has 0 aliphatic carbocycles. The lowest BCUT2D eigenvalue weighted by molar-refractivity contribution is -0.177. The van der Waals surface area contributed by atoms with Crippen LogP contribution in [0.2, 0.25) is 0 Å². The highest BCUT2D eigenvalue weighted by molar-refractivity contribution is 5.65. The van der Waals surface area contributed by atoms with E-state index >= 15 is 0 Å². The molecule has 4 nitrogen and oxygen atoms in total. The lowest BCUT2D eigenvalue weighted by Crippen LogP contribution is -2.39. The van der Waals surface area contributed by atoms with Gasteiger partial charge in [0.25, 0.3) is 0 Å². The Labute approximate surface area is 134 Å². The van der Waals surface area contributed by atoms with Crippen molar-refractivity contribution in [2.24, 2.45) is 0 Å². The fraction of sp³-hybridized carbons (Fsp3) is 0.294. The van der Waals surface area contributed by atoms with Crippen LogP contribution in [0.1, 0.15) is 12.0 Å². The molecule has 0 aromatic heterocycles. The number of nitrogens with zero attached hydrogens (tertiary/aromatic N) is 2. The quantitative estimate of drug-likeness (QED) is 0.855. The molecule has 1 heterocycles. The van der Waals surface area contributed by atoms with Gasteiger partial charge in [-0.1, -0.05) is 24.3 Å². The fourth-order valence-electron chi connectivity index (χ4n) is 2.62. The molecule has 0 fully saturated rings. The van der Waals surface area contributed by atoms with E-state index in [0.717, 1.165) is 18.5 Å². The van der Waals surface area contributed by atoms with Crippen LogP contribution in [0, 0.1) is 11.6 Å². The van der Waals surface area contributed by atoms with Gasteiger partial charge in [0.1, 0.15) is 5.69 Å². The van der Waals surface area contributed by atoms with Crippen molar-refractivity contribution >= 4 is 11.4 Å². The van der Waals surface area contributed by atoms with Crippen LogP contribution in [0.15, 0.2) is 42.5 Å². The van der Waals surface area contributed by atoms with Crippen LogP contribution in [-0.2, 0) is 11.5 Å². The summed E-state index contributed by atoms with van der Waals surface area (Å²) >= 11 is 0. The molecule has 0 bridgehead atoms. The van der Waals surface area contributed by atoms with E-state index in [1.54, 1.807) is 11.1 Å². The number of para-hydroxylation sites is 2. The lowest BCUT2D eigenvalue weighted by Gasteiger charge is -2.36. The maximum Gasteiger partial charge on any atom is 0.152 e. The predicted molar refractivity (Wildman–Crippen MR) is 85.0 cm³/mol.